The summed E-state index contributed by atoms with van der Waals surface area (Å²) in [5, 5.41) is 3.03. The van der Waals surface area contributed by atoms with Crippen molar-refractivity contribution < 1.29 is 13.2 Å². The van der Waals surface area contributed by atoms with Gasteiger partial charge in [0.05, 0.1) is 5.56 Å². The molecule has 0 aliphatic heterocycles. The maximum absolute atomic E-state index is 12.6. The van der Waals surface area contributed by atoms with Gasteiger partial charge in [0.1, 0.15) is 0 Å². The summed E-state index contributed by atoms with van der Waals surface area (Å²) in [5.41, 5.74) is -0.183. The van der Waals surface area contributed by atoms with Crippen LogP contribution >= 0.6 is 0 Å². The Hall–Kier alpha value is -1.29. The van der Waals surface area contributed by atoms with Gasteiger partial charge >= 0.3 is 6.18 Å². The highest BCUT2D eigenvalue weighted by Crippen LogP contribution is 2.31. The molecular formula is C14H18F3N. The lowest BCUT2D eigenvalue weighted by atomic mass is 9.83. The van der Waals surface area contributed by atoms with E-state index in [4.69, 9.17) is 0 Å². The topological polar surface area (TPSA) is 12.0 Å². The lowest BCUT2D eigenvalue weighted by molar-refractivity contribution is -0.137. The first-order chi connectivity index (χ1) is 8.30. The highest BCUT2D eigenvalue weighted by Gasteiger charge is 2.31. The molecule has 0 amide bonds. The van der Waals surface area contributed by atoms with Gasteiger partial charge in [-0.25, -0.2) is 0 Å². The van der Waals surface area contributed by atoms with Crippen molar-refractivity contribution in [3.63, 3.8) is 0 Å². The fourth-order valence-electron chi connectivity index (χ4n) is 1.93. The summed E-state index contributed by atoms with van der Waals surface area (Å²) in [6, 6.07) is 5.46. The summed E-state index contributed by atoms with van der Waals surface area (Å²) in [5.74, 6) is 0. The van der Waals surface area contributed by atoms with E-state index >= 15 is 0 Å². The normalized spacial score (nSPS) is 15.2. The molecule has 4 heteroatoms. The molecule has 1 nitrogen and oxygen atoms in total. The molecule has 0 saturated carbocycles. The van der Waals surface area contributed by atoms with Crippen LogP contribution in [0.25, 0.3) is 0 Å². The third-order valence-electron chi connectivity index (χ3n) is 2.94. The SMILES string of the molecule is C=CC(C)(CNC)Cc1cccc(C(F)(F)F)c1. The van der Waals surface area contributed by atoms with Gasteiger partial charge in [-0.15, -0.1) is 6.58 Å². The molecule has 1 N–H and O–H groups in total. The molecule has 1 atom stereocenters. The van der Waals surface area contributed by atoms with Crippen molar-refractivity contribution in [3.8, 4) is 0 Å². The average molecular weight is 257 g/mol. The Bertz CT molecular complexity index is 412. The summed E-state index contributed by atoms with van der Waals surface area (Å²) in [7, 11) is 1.81. The molecular weight excluding hydrogens is 239 g/mol. The van der Waals surface area contributed by atoms with Crippen LogP contribution < -0.4 is 5.32 Å². The summed E-state index contributed by atoms with van der Waals surface area (Å²) in [4.78, 5) is 0. The minimum absolute atomic E-state index is 0.251. The third kappa shape index (κ3) is 3.88. The van der Waals surface area contributed by atoms with E-state index in [2.05, 4.69) is 11.9 Å². The molecule has 0 aliphatic carbocycles. The summed E-state index contributed by atoms with van der Waals surface area (Å²) < 4.78 is 37.8. The molecule has 0 heterocycles. The lowest BCUT2D eigenvalue weighted by Crippen LogP contribution is -2.29. The zero-order valence-electron chi connectivity index (χ0n) is 10.6. The molecule has 0 aliphatic rings. The van der Waals surface area contributed by atoms with Crippen molar-refractivity contribution in [1.82, 2.24) is 5.32 Å². The second-order valence-electron chi connectivity index (χ2n) is 4.76. The van der Waals surface area contributed by atoms with E-state index in [1.807, 2.05) is 14.0 Å². The first-order valence-corrected chi connectivity index (χ1v) is 5.75. The molecule has 0 fully saturated rings. The van der Waals surface area contributed by atoms with Crippen molar-refractivity contribution in [3.05, 3.63) is 48.0 Å². The Morgan fingerprint density at radius 2 is 2.00 bits per heavy atom. The second-order valence-corrected chi connectivity index (χ2v) is 4.76. The van der Waals surface area contributed by atoms with Crippen molar-refractivity contribution in [2.75, 3.05) is 13.6 Å². The zero-order valence-corrected chi connectivity index (χ0v) is 10.6. The molecule has 18 heavy (non-hydrogen) atoms. The molecule has 1 aromatic carbocycles. The van der Waals surface area contributed by atoms with Gasteiger partial charge in [0.2, 0.25) is 0 Å². The van der Waals surface area contributed by atoms with Crippen molar-refractivity contribution in [2.24, 2.45) is 5.41 Å². The highest BCUT2D eigenvalue weighted by molar-refractivity contribution is 5.27. The van der Waals surface area contributed by atoms with Gasteiger partial charge in [0.25, 0.3) is 0 Å². The van der Waals surface area contributed by atoms with E-state index in [0.717, 1.165) is 6.07 Å². The minimum Gasteiger partial charge on any atom is -0.319 e. The number of hydrogen-bond donors (Lipinski definition) is 1. The van der Waals surface area contributed by atoms with Gasteiger partial charge in [0, 0.05) is 12.0 Å². The maximum atomic E-state index is 12.6. The van der Waals surface area contributed by atoms with Crippen LogP contribution in [0.3, 0.4) is 0 Å². The van der Waals surface area contributed by atoms with Gasteiger partial charge in [-0.3, -0.25) is 0 Å². The third-order valence-corrected chi connectivity index (χ3v) is 2.94. The van der Waals surface area contributed by atoms with Crippen LogP contribution in [0, 0.1) is 5.41 Å². The van der Waals surface area contributed by atoms with Gasteiger partial charge in [0.15, 0.2) is 0 Å². The summed E-state index contributed by atoms with van der Waals surface area (Å²) in [6.07, 6.45) is -1.98. The van der Waals surface area contributed by atoms with Crippen molar-refractivity contribution in [2.45, 2.75) is 19.5 Å². The van der Waals surface area contributed by atoms with Crippen LogP contribution in [-0.2, 0) is 12.6 Å². The van der Waals surface area contributed by atoms with E-state index in [0.29, 0.717) is 18.5 Å². The molecule has 1 aromatic rings. The van der Waals surface area contributed by atoms with Gasteiger partial charge < -0.3 is 5.32 Å². The standard InChI is InChI=1S/C14H18F3N/c1-4-13(2,10-18-3)9-11-6-5-7-12(8-11)14(15,16)17/h4-8,18H,1,9-10H2,2-3H3. The fraction of sp³-hybridized carbons (Fsp3) is 0.429. The predicted octanol–water partition coefficient (Wildman–Crippen LogP) is 3.66. The van der Waals surface area contributed by atoms with E-state index in [-0.39, 0.29) is 5.41 Å². The Kier molecular flexibility index (Phi) is 4.57. The molecule has 0 radical (unpaired) electrons. The number of halogens is 3. The molecule has 1 unspecified atom stereocenters. The average Bonchev–Trinajstić information content (AvgIpc) is 2.28. The number of nitrogens with one attached hydrogen (secondary N) is 1. The van der Waals surface area contributed by atoms with Gasteiger partial charge in [-0.1, -0.05) is 31.2 Å². The number of alkyl halides is 3. The van der Waals surface area contributed by atoms with E-state index < -0.39 is 11.7 Å². The highest BCUT2D eigenvalue weighted by atomic mass is 19.4. The molecule has 0 saturated heterocycles. The number of hydrogen-bond acceptors (Lipinski definition) is 1. The first kappa shape index (κ1) is 14.8. The monoisotopic (exact) mass is 257 g/mol. The molecule has 0 spiro atoms. The number of rotatable bonds is 5. The first-order valence-electron chi connectivity index (χ1n) is 5.75. The number of benzene rings is 1. The van der Waals surface area contributed by atoms with Crippen LogP contribution in [0.1, 0.15) is 18.1 Å². The summed E-state index contributed by atoms with van der Waals surface area (Å²) in [6.45, 7) is 6.40. The van der Waals surface area contributed by atoms with Gasteiger partial charge in [-0.05, 0) is 25.1 Å². The molecule has 0 bridgehead atoms. The smallest absolute Gasteiger partial charge is 0.319 e. The largest absolute Gasteiger partial charge is 0.416 e. The summed E-state index contributed by atoms with van der Waals surface area (Å²) >= 11 is 0. The molecule has 1 rings (SSSR count). The van der Waals surface area contributed by atoms with E-state index in [1.165, 1.54) is 12.1 Å². The van der Waals surface area contributed by atoms with Crippen molar-refractivity contribution in [1.29, 1.82) is 0 Å². The van der Waals surface area contributed by atoms with E-state index in [1.54, 1.807) is 12.1 Å². The quantitative estimate of drug-likeness (QED) is 0.794. The minimum atomic E-state index is -4.29. The fourth-order valence-corrected chi connectivity index (χ4v) is 1.93. The molecule has 100 valence electrons. The van der Waals surface area contributed by atoms with Crippen molar-refractivity contribution >= 4 is 0 Å². The zero-order chi connectivity index (χ0) is 13.8. The predicted molar refractivity (Wildman–Crippen MR) is 67.4 cm³/mol. The second kappa shape index (κ2) is 5.57. The van der Waals surface area contributed by atoms with Crippen LogP contribution in [0.5, 0.6) is 0 Å². The Balaban J connectivity index is 2.94. The van der Waals surface area contributed by atoms with Gasteiger partial charge in [-0.2, -0.15) is 13.2 Å². The van der Waals surface area contributed by atoms with Crippen LogP contribution in [0.2, 0.25) is 0 Å². The van der Waals surface area contributed by atoms with Crippen LogP contribution in [0.4, 0.5) is 13.2 Å². The van der Waals surface area contributed by atoms with Crippen LogP contribution in [0.15, 0.2) is 36.9 Å². The molecule has 0 aromatic heterocycles. The maximum Gasteiger partial charge on any atom is 0.416 e. The Morgan fingerprint density at radius 3 is 2.50 bits per heavy atom. The Morgan fingerprint density at radius 1 is 1.33 bits per heavy atom. The van der Waals surface area contributed by atoms with Crippen LogP contribution in [-0.4, -0.2) is 13.6 Å². The lowest BCUT2D eigenvalue weighted by Gasteiger charge is -2.25. The van der Waals surface area contributed by atoms with E-state index in [9.17, 15) is 13.2 Å². The Labute approximate surface area is 106 Å².